The van der Waals surface area contributed by atoms with E-state index in [0.717, 1.165) is 10.6 Å². The van der Waals surface area contributed by atoms with Crippen molar-refractivity contribution >= 4 is 45.4 Å². The number of thiophene rings is 1. The lowest BCUT2D eigenvalue weighted by molar-refractivity contribution is -0.111. The Bertz CT molecular complexity index is 836. The van der Waals surface area contributed by atoms with Crippen molar-refractivity contribution in [3.63, 3.8) is 0 Å². The number of rotatable bonds is 4. The number of hydrogen-bond donors (Lipinski definition) is 1. The molecule has 0 aliphatic carbocycles. The van der Waals surface area contributed by atoms with Crippen LogP contribution in [0.1, 0.15) is 16.1 Å². The lowest BCUT2D eigenvalue weighted by Gasteiger charge is -2.07. The van der Waals surface area contributed by atoms with E-state index in [0.29, 0.717) is 16.3 Å². The first kappa shape index (κ1) is 15.6. The summed E-state index contributed by atoms with van der Waals surface area (Å²) in [5.41, 5.74) is 1.99. The average Bonchev–Trinajstić information content (AvgIpc) is 3.17. The summed E-state index contributed by atoms with van der Waals surface area (Å²) in [6.07, 6.45) is 1.80. The molecular weight excluding hydrogens is 331 g/mol. The minimum Gasteiger partial charge on any atom is -0.298 e. The fourth-order valence-corrected chi connectivity index (χ4v) is 3.34. The summed E-state index contributed by atoms with van der Waals surface area (Å²) in [7, 11) is 0. The number of carbonyl (C=O) groups is 1. The topological polar surface area (TPSA) is 42.0 Å². The Balaban J connectivity index is 1.94. The van der Waals surface area contributed by atoms with Gasteiger partial charge >= 0.3 is 0 Å². The van der Waals surface area contributed by atoms with Crippen molar-refractivity contribution in [3.05, 3.63) is 69.1 Å². The lowest BCUT2D eigenvalue weighted by atomic mass is 10.0. The van der Waals surface area contributed by atoms with Crippen LogP contribution in [0.5, 0.6) is 0 Å². The average molecular weight is 344 g/mol. The Kier molecular flexibility index (Phi) is 4.64. The van der Waals surface area contributed by atoms with Crippen molar-refractivity contribution in [3.8, 4) is 0 Å². The highest BCUT2D eigenvalue weighted by atomic mass is 32.1. The Hall–Kier alpha value is -2.31. The number of thiazole rings is 1. The van der Waals surface area contributed by atoms with Crippen LogP contribution in [0.25, 0.3) is 11.6 Å². The first-order valence-corrected chi connectivity index (χ1v) is 8.62. The first-order chi connectivity index (χ1) is 11.1. The van der Waals surface area contributed by atoms with Gasteiger partial charge in [-0.25, -0.2) is 9.37 Å². The van der Waals surface area contributed by atoms with Gasteiger partial charge in [-0.05, 0) is 42.1 Å². The number of aryl methyl sites for hydroxylation is 1. The maximum atomic E-state index is 13.2. The molecule has 116 valence electrons. The van der Waals surface area contributed by atoms with Crippen LogP contribution in [0.15, 0.2) is 47.2 Å². The fourth-order valence-electron chi connectivity index (χ4n) is 2.00. The molecule has 3 aromatic rings. The summed E-state index contributed by atoms with van der Waals surface area (Å²) in [4.78, 5) is 17.8. The number of amides is 1. The van der Waals surface area contributed by atoms with Gasteiger partial charge in [0.1, 0.15) is 5.82 Å². The number of halogens is 1. The molecule has 23 heavy (non-hydrogen) atoms. The molecule has 1 amide bonds. The molecule has 6 heteroatoms. The molecular formula is C17H13FN2OS2. The van der Waals surface area contributed by atoms with Gasteiger partial charge in [0.15, 0.2) is 5.13 Å². The molecule has 3 rings (SSSR count). The van der Waals surface area contributed by atoms with E-state index >= 15 is 0 Å². The molecule has 3 nitrogen and oxygen atoms in total. The second-order valence-electron chi connectivity index (χ2n) is 4.83. The van der Waals surface area contributed by atoms with Gasteiger partial charge in [-0.15, -0.1) is 22.7 Å². The highest BCUT2D eigenvalue weighted by Gasteiger charge is 2.14. The summed E-state index contributed by atoms with van der Waals surface area (Å²) in [5.74, 6) is -0.598. The zero-order valence-electron chi connectivity index (χ0n) is 12.2. The first-order valence-electron chi connectivity index (χ1n) is 6.86. The van der Waals surface area contributed by atoms with Crippen LogP contribution in [0.4, 0.5) is 9.52 Å². The molecule has 0 aliphatic heterocycles. The fraction of sp³-hybridized carbons (Fsp3) is 0.0588. The van der Waals surface area contributed by atoms with Crippen LogP contribution in [-0.2, 0) is 4.79 Å². The molecule has 0 fully saturated rings. The van der Waals surface area contributed by atoms with Gasteiger partial charge in [-0.3, -0.25) is 10.1 Å². The van der Waals surface area contributed by atoms with Gasteiger partial charge in [0, 0.05) is 15.8 Å². The standard InChI is InChI=1S/C17H13FN2OS2/c1-11-10-23-17(19-11)20-16(21)15(9-14-3-2-8-22-14)12-4-6-13(18)7-5-12/h2-10H,1H3,(H,19,20,21)/b15-9-. The highest BCUT2D eigenvalue weighted by Crippen LogP contribution is 2.24. The zero-order chi connectivity index (χ0) is 16.2. The van der Waals surface area contributed by atoms with Gasteiger partial charge in [-0.1, -0.05) is 18.2 Å². The van der Waals surface area contributed by atoms with Crippen LogP contribution < -0.4 is 5.32 Å². The van der Waals surface area contributed by atoms with E-state index in [1.807, 2.05) is 29.8 Å². The van der Waals surface area contributed by atoms with Crippen molar-refractivity contribution in [1.29, 1.82) is 0 Å². The minimum absolute atomic E-state index is 0.264. The third-order valence-electron chi connectivity index (χ3n) is 3.07. The van der Waals surface area contributed by atoms with E-state index in [9.17, 15) is 9.18 Å². The Morgan fingerprint density at radius 1 is 1.22 bits per heavy atom. The number of anilines is 1. The predicted octanol–water partition coefficient (Wildman–Crippen LogP) is 4.83. The molecule has 1 aromatic carbocycles. The van der Waals surface area contributed by atoms with Crippen molar-refractivity contribution in [2.24, 2.45) is 0 Å². The van der Waals surface area contributed by atoms with E-state index < -0.39 is 0 Å². The number of aromatic nitrogens is 1. The Labute approximate surface area is 141 Å². The van der Waals surface area contributed by atoms with Crippen molar-refractivity contribution in [2.75, 3.05) is 5.32 Å². The van der Waals surface area contributed by atoms with Crippen LogP contribution in [-0.4, -0.2) is 10.9 Å². The second-order valence-corrected chi connectivity index (χ2v) is 6.67. The van der Waals surface area contributed by atoms with Crippen molar-refractivity contribution in [1.82, 2.24) is 4.98 Å². The molecule has 0 saturated heterocycles. The van der Waals surface area contributed by atoms with Crippen LogP contribution in [0.3, 0.4) is 0 Å². The lowest BCUT2D eigenvalue weighted by Crippen LogP contribution is -2.13. The van der Waals surface area contributed by atoms with E-state index in [1.165, 1.54) is 34.8 Å². The summed E-state index contributed by atoms with van der Waals surface area (Å²) in [5, 5.41) is 7.16. The maximum Gasteiger partial charge on any atom is 0.258 e. The van der Waals surface area contributed by atoms with E-state index in [1.54, 1.807) is 18.2 Å². The SMILES string of the molecule is Cc1csc(NC(=O)/C(=C\c2cccs2)c2ccc(F)cc2)n1. The van der Waals surface area contributed by atoms with Crippen LogP contribution in [0.2, 0.25) is 0 Å². The van der Waals surface area contributed by atoms with Crippen molar-refractivity contribution < 1.29 is 9.18 Å². The monoisotopic (exact) mass is 344 g/mol. The molecule has 0 saturated carbocycles. The number of benzene rings is 1. The molecule has 0 unspecified atom stereocenters. The van der Waals surface area contributed by atoms with Gasteiger partial charge in [-0.2, -0.15) is 0 Å². The number of nitrogens with zero attached hydrogens (tertiary/aromatic N) is 1. The molecule has 1 N–H and O–H groups in total. The predicted molar refractivity (Wildman–Crippen MR) is 94.1 cm³/mol. The molecule has 0 atom stereocenters. The number of nitrogens with one attached hydrogen (secondary N) is 1. The molecule has 2 aromatic heterocycles. The summed E-state index contributed by atoms with van der Waals surface area (Å²) >= 11 is 2.91. The third kappa shape index (κ3) is 3.91. The van der Waals surface area contributed by atoms with Crippen molar-refractivity contribution in [2.45, 2.75) is 6.92 Å². The summed E-state index contributed by atoms with van der Waals surface area (Å²) in [6.45, 7) is 1.87. The van der Waals surface area contributed by atoms with E-state index in [-0.39, 0.29) is 11.7 Å². The maximum absolute atomic E-state index is 13.2. The Morgan fingerprint density at radius 2 is 2.00 bits per heavy atom. The molecule has 0 aliphatic rings. The van der Waals surface area contributed by atoms with Gasteiger partial charge in [0.2, 0.25) is 0 Å². The zero-order valence-corrected chi connectivity index (χ0v) is 13.9. The summed E-state index contributed by atoms with van der Waals surface area (Å²) < 4.78 is 13.2. The Morgan fingerprint density at radius 3 is 2.61 bits per heavy atom. The second kappa shape index (κ2) is 6.85. The minimum atomic E-state index is -0.333. The third-order valence-corrected chi connectivity index (χ3v) is 4.76. The van der Waals surface area contributed by atoms with Crippen LogP contribution in [0, 0.1) is 12.7 Å². The molecule has 2 heterocycles. The van der Waals surface area contributed by atoms with E-state index in [4.69, 9.17) is 0 Å². The number of hydrogen-bond acceptors (Lipinski definition) is 4. The highest BCUT2D eigenvalue weighted by molar-refractivity contribution is 7.14. The smallest absolute Gasteiger partial charge is 0.258 e. The number of carbonyl (C=O) groups excluding carboxylic acids is 1. The summed E-state index contributed by atoms with van der Waals surface area (Å²) in [6, 6.07) is 9.73. The van der Waals surface area contributed by atoms with Gasteiger partial charge in [0.05, 0.1) is 5.69 Å². The van der Waals surface area contributed by atoms with E-state index in [2.05, 4.69) is 10.3 Å². The normalized spacial score (nSPS) is 11.5. The molecule has 0 spiro atoms. The largest absolute Gasteiger partial charge is 0.298 e. The van der Waals surface area contributed by atoms with Gasteiger partial charge < -0.3 is 0 Å². The molecule has 0 radical (unpaired) electrons. The molecule has 0 bridgehead atoms. The van der Waals surface area contributed by atoms with Crippen LogP contribution >= 0.6 is 22.7 Å². The van der Waals surface area contributed by atoms with Gasteiger partial charge in [0.25, 0.3) is 5.91 Å². The quantitative estimate of drug-likeness (QED) is 0.689.